The van der Waals surface area contributed by atoms with E-state index in [4.69, 9.17) is 5.84 Å². The normalized spacial score (nSPS) is 23.1. The number of hydrogen-bond donors (Lipinski definition) is 3. The standard InChI is InChI=1S/C12H21N5/c1-12(2)6-3-4-9(8-12)15-10-5-7-14-11(16-10)17-13/h5,7,9H,3-4,6,8,13H2,1-2H3,(H2,14,15,16,17). The summed E-state index contributed by atoms with van der Waals surface area (Å²) in [5, 5.41) is 3.46. The zero-order chi connectivity index (χ0) is 12.3. The molecule has 0 aliphatic heterocycles. The summed E-state index contributed by atoms with van der Waals surface area (Å²) < 4.78 is 0. The van der Waals surface area contributed by atoms with Crippen molar-refractivity contribution in [3.05, 3.63) is 12.3 Å². The molecule has 5 heteroatoms. The number of anilines is 2. The van der Waals surface area contributed by atoms with Gasteiger partial charge in [0.15, 0.2) is 0 Å². The van der Waals surface area contributed by atoms with Crippen LogP contribution in [-0.2, 0) is 0 Å². The van der Waals surface area contributed by atoms with E-state index in [0.717, 1.165) is 5.82 Å². The van der Waals surface area contributed by atoms with Crippen molar-refractivity contribution in [3.63, 3.8) is 0 Å². The van der Waals surface area contributed by atoms with Gasteiger partial charge in [0.05, 0.1) is 0 Å². The van der Waals surface area contributed by atoms with Gasteiger partial charge in [-0.25, -0.2) is 10.8 Å². The number of nitrogen functional groups attached to an aromatic ring is 1. The lowest BCUT2D eigenvalue weighted by Crippen LogP contribution is -2.32. The molecule has 1 aromatic rings. The number of rotatable bonds is 3. The SMILES string of the molecule is CC1(C)CCCC(Nc2ccnc(NN)n2)C1. The van der Waals surface area contributed by atoms with E-state index < -0.39 is 0 Å². The fraction of sp³-hybridized carbons (Fsp3) is 0.667. The van der Waals surface area contributed by atoms with Crippen molar-refractivity contribution < 1.29 is 0 Å². The molecule has 0 saturated heterocycles. The number of nitrogens with zero attached hydrogens (tertiary/aromatic N) is 2. The average molecular weight is 235 g/mol. The number of aromatic nitrogens is 2. The Morgan fingerprint density at radius 2 is 2.29 bits per heavy atom. The van der Waals surface area contributed by atoms with E-state index >= 15 is 0 Å². The van der Waals surface area contributed by atoms with Gasteiger partial charge in [-0.15, -0.1) is 0 Å². The third-order valence-corrected chi connectivity index (χ3v) is 3.34. The number of nitrogens with two attached hydrogens (primary N) is 1. The molecule has 0 bridgehead atoms. The van der Waals surface area contributed by atoms with Crippen molar-refractivity contribution in [1.29, 1.82) is 0 Å². The third-order valence-electron chi connectivity index (χ3n) is 3.34. The summed E-state index contributed by atoms with van der Waals surface area (Å²) in [7, 11) is 0. The zero-order valence-electron chi connectivity index (χ0n) is 10.5. The molecule has 1 aliphatic carbocycles. The Labute approximate surface area is 102 Å². The van der Waals surface area contributed by atoms with Crippen molar-refractivity contribution in [2.24, 2.45) is 11.3 Å². The molecule has 0 spiro atoms. The van der Waals surface area contributed by atoms with Crippen LogP contribution in [0.1, 0.15) is 39.5 Å². The topological polar surface area (TPSA) is 75.9 Å². The number of hydrogen-bond acceptors (Lipinski definition) is 5. The minimum atomic E-state index is 0.428. The third kappa shape index (κ3) is 3.30. The molecule has 17 heavy (non-hydrogen) atoms. The van der Waals surface area contributed by atoms with E-state index in [9.17, 15) is 0 Å². The summed E-state index contributed by atoms with van der Waals surface area (Å²) in [6.45, 7) is 4.65. The molecule has 1 fully saturated rings. The Bertz CT molecular complexity index is 377. The number of nitrogens with one attached hydrogen (secondary N) is 2. The van der Waals surface area contributed by atoms with Gasteiger partial charge in [0.1, 0.15) is 5.82 Å². The molecule has 1 heterocycles. The van der Waals surface area contributed by atoms with Crippen molar-refractivity contribution >= 4 is 11.8 Å². The Morgan fingerprint density at radius 1 is 1.47 bits per heavy atom. The molecular formula is C12H21N5. The summed E-state index contributed by atoms with van der Waals surface area (Å²) in [6, 6.07) is 2.38. The van der Waals surface area contributed by atoms with Crippen LogP contribution >= 0.6 is 0 Å². The second kappa shape index (κ2) is 4.87. The number of hydrazine groups is 1. The van der Waals surface area contributed by atoms with Crippen LogP contribution in [0.25, 0.3) is 0 Å². The Hall–Kier alpha value is -1.36. The molecule has 1 aliphatic rings. The van der Waals surface area contributed by atoms with Gasteiger partial charge in [0.25, 0.3) is 0 Å². The van der Waals surface area contributed by atoms with E-state index in [-0.39, 0.29) is 0 Å². The van der Waals surface area contributed by atoms with Crippen molar-refractivity contribution in [1.82, 2.24) is 9.97 Å². The van der Waals surface area contributed by atoms with Crippen molar-refractivity contribution in [3.8, 4) is 0 Å². The molecule has 5 nitrogen and oxygen atoms in total. The Balaban J connectivity index is 2.00. The summed E-state index contributed by atoms with van der Waals surface area (Å²) >= 11 is 0. The van der Waals surface area contributed by atoms with Gasteiger partial charge in [-0.05, 0) is 30.7 Å². The second-order valence-electron chi connectivity index (χ2n) is 5.51. The van der Waals surface area contributed by atoms with E-state index in [1.807, 2.05) is 6.07 Å². The van der Waals surface area contributed by atoms with Crippen LogP contribution in [0.2, 0.25) is 0 Å². The molecule has 2 rings (SSSR count). The molecule has 1 saturated carbocycles. The highest BCUT2D eigenvalue weighted by Gasteiger charge is 2.27. The molecule has 0 aromatic carbocycles. The van der Waals surface area contributed by atoms with Crippen LogP contribution in [0.15, 0.2) is 12.3 Å². The maximum absolute atomic E-state index is 5.29. The van der Waals surface area contributed by atoms with E-state index in [0.29, 0.717) is 17.4 Å². The monoisotopic (exact) mass is 235 g/mol. The highest BCUT2D eigenvalue weighted by Crippen LogP contribution is 2.36. The van der Waals surface area contributed by atoms with Crippen LogP contribution in [0.3, 0.4) is 0 Å². The molecular weight excluding hydrogens is 214 g/mol. The van der Waals surface area contributed by atoms with Gasteiger partial charge in [0.2, 0.25) is 5.95 Å². The molecule has 4 N–H and O–H groups in total. The first kappa shape index (κ1) is 12.1. The lowest BCUT2D eigenvalue weighted by Gasteiger charge is -2.35. The van der Waals surface area contributed by atoms with Crippen molar-refractivity contribution in [2.45, 2.75) is 45.6 Å². The highest BCUT2D eigenvalue weighted by atomic mass is 15.3. The first-order chi connectivity index (χ1) is 8.09. The minimum absolute atomic E-state index is 0.428. The molecule has 94 valence electrons. The van der Waals surface area contributed by atoms with Gasteiger partial charge in [-0.3, -0.25) is 5.43 Å². The maximum Gasteiger partial charge on any atom is 0.239 e. The van der Waals surface area contributed by atoms with Crippen LogP contribution < -0.4 is 16.6 Å². The van der Waals surface area contributed by atoms with Crippen LogP contribution in [0.5, 0.6) is 0 Å². The molecule has 1 aromatic heterocycles. The van der Waals surface area contributed by atoms with E-state index in [2.05, 4.69) is 34.6 Å². The van der Waals surface area contributed by atoms with E-state index in [1.54, 1.807) is 6.20 Å². The summed E-state index contributed by atoms with van der Waals surface area (Å²) in [5.41, 5.74) is 2.89. The summed E-state index contributed by atoms with van der Waals surface area (Å²) in [6.07, 6.45) is 6.68. The fourth-order valence-corrected chi connectivity index (χ4v) is 2.54. The molecule has 0 amide bonds. The molecule has 1 atom stereocenters. The van der Waals surface area contributed by atoms with Gasteiger partial charge in [-0.1, -0.05) is 20.3 Å². The van der Waals surface area contributed by atoms with Gasteiger partial charge >= 0.3 is 0 Å². The zero-order valence-corrected chi connectivity index (χ0v) is 10.5. The quantitative estimate of drug-likeness (QED) is 0.553. The summed E-state index contributed by atoms with van der Waals surface area (Å²) in [4.78, 5) is 8.27. The van der Waals surface area contributed by atoms with Gasteiger partial charge in [0, 0.05) is 12.2 Å². The predicted octanol–water partition coefficient (Wildman–Crippen LogP) is 2.14. The van der Waals surface area contributed by atoms with Crippen LogP contribution in [0.4, 0.5) is 11.8 Å². The first-order valence-corrected chi connectivity index (χ1v) is 6.15. The van der Waals surface area contributed by atoms with Crippen molar-refractivity contribution in [2.75, 3.05) is 10.7 Å². The van der Waals surface area contributed by atoms with Crippen LogP contribution in [-0.4, -0.2) is 16.0 Å². The fourth-order valence-electron chi connectivity index (χ4n) is 2.54. The lowest BCUT2D eigenvalue weighted by molar-refractivity contribution is 0.229. The Morgan fingerprint density at radius 3 is 3.00 bits per heavy atom. The van der Waals surface area contributed by atoms with E-state index in [1.165, 1.54) is 25.7 Å². The maximum atomic E-state index is 5.29. The van der Waals surface area contributed by atoms with Crippen LogP contribution in [0, 0.1) is 5.41 Å². The highest BCUT2D eigenvalue weighted by molar-refractivity contribution is 5.39. The molecule has 1 unspecified atom stereocenters. The van der Waals surface area contributed by atoms with Gasteiger partial charge in [-0.2, -0.15) is 4.98 Å². The average Bonchev–Trinajstić information content (AvgIpc) is 2.28. The smallest absolute Gasteiger partial charge is 0.239 e. The first-order valence-electron chi connectivity index (χ1n) is 6.15. The molecule has 0 radical (unpaired) electrons. The largest absolute Gasteiger partial charge is 0.367 e. The summed E-state index contributed by atoms with van der Waals surface area (Å²) in [5.74, 6) is 6.58. The lowest BCUT2D eigenvalue weighted by atomic mass is 9.75. The minimum Gasteiger partial charge on any atom is -0.367 e. The predicted molar refractivity (Wildman–Crippen MR) is 69.5 cm³/mol. The Kier molecular flexibility index (Phi) is 3.47. The van der Waals surface area contributed by atoms with Gasteiger partial charge < -0.3 is 5.32 Å². The second-order valence-corrected chi connectivity index (χ2v) is 5.51.